The molecule has 17 heavy (non-hydrogen) atoms. The molecule has 1 aromatic heterocycles. The van der Waals surface area contributed by atoms with Gasteiger partial charge in [-0.25, -0.2) is 9.97 Å². The second-order valence-electron chi connectivity index (χ2n) is 4.99. The fourth-order valence-corrected chi connectivity index (χ4v) is 3.05. The Morgan fingerprint density at radius 3 is 2.47 bits per heavy atom. The SMILES string of the molecule is Clc1nc(N2CCCC2)nc2c1CCCCC2. The molecule has 0 bridgehead atoms. The molecule has 0 radical (unpaired) electrons. The topological polar surface area (TPSA) is 29.0 Å². The molecule has 1 saturated heterocycles. The second-order valence-corrected chi connectivity index (χ2v) is 5.35. The van der Waals surface area contributed by atoms with E-state index in [4.69, 9.17) is 16.6 Å². The second kappa shape index (κ2) is 4.81. The summed E-state index contributed by atoms with van der Waals surface area (Å²) in [5.74, 6) is 0.855. The van der Waals surface area contributed by atoms with Gasteiger partial charge in [-0.1, -0.05) is 18.0 Å². The summed E-state index contributed by atoms with van der Waals surface area (Å²) in [7, 11) is 0. The van der Waals surface area contributed by atoms with Gasteiger partial charge in [-0.15, -0.1) is 0 Å². The van der Waals surface area contributed by atoms with E-state index in [2.05, 4.69) is 9.88 Å². The van der Waals surface area contributed by atoms with Crippen LogP contribution in [-0.4, -0.2) is 23.1 Å². The molecular weight excluding hydrogens is 234 g/mol. The molecule has 1 aliphatic carbocycles. The molecule has 0 atom stereocenters. The Morgan fingerprint density at radius 1 is 0.882 bits per heavy atom. The maximum absolute atomic E-state index is 6.32. The standard InChI is InChI=1S/C13H18ClN3/c14-12-10-6-2-1-3-7-11(10)15-13(16-12)17-8-4-5-9-17/h1-9H2. The quantitative estimate of drug-likeness (QED) is 0.568. The highest BCUT2D eigenvalue weighted by atomic mass is 35.5. The van der Waals surface area contributed by atoms with E-state index in [1.54, 1.807) is 0 Å². The summed E-state index contributed by atoms with van der Waals surface area (Å²) in [6.45, 7) is 2.16. The van der Waals surface area contributed by atoms with E-state index in [1.807, 2.05) is 0 Å². The third-order valence-corrected chi connectivity index (χ3v) is 4.07. The van der Waals surface area contributed by atoms with Crippen molar-refractivity contribution < 1.29 is 0 Å². The highest BCUT2D eigenvalue weighted by molar-refractivity contribution is 6.30. The molecule has 2 heterocycles. The molecule has 1 fully saturated rings. The van der Waals surface area contributed by atoms with Gasteiger partial charge in [-0.05, 0) is 38.5 Å². The van der Waals surface area contributed by atoms with E-state index in [9.17, 15) is 0 Å². The van der Waals surface area contributed by atoms with E-state index in [0.717, 1.165) is 31.9 Å². The van der Waals surface area contributed by atoms with Crippen LogP contribution < -0.4 is 4.90 Å². The van der Waals surface area contributed by atoms with Crippen LogP contribution in [0.3, 0.4) is 0 Å². The monoisotopic (exact) mass is 251 g/mol. The van der Waals surface area contributed by atoms with Gasteiger partial charge >= 0.3 is 0 Å². The number of aromatic nitrogens is 2. The zero-order valence-electron chi connectivity index (χ0n) is 10.1. The molecule has 0 spiro atoms. The lowest BCUT2D eigenvalue weighted by molar-refractivity contribution is 0.708. The van der Waals surface area contributed by atoms with Crippen LogP contribution >= 0.6 is 11.6 Å². The van der Waals surface area contributed by atoms with Gasteiger partial charge in [0.05, 0.1) is 5.69 Å². The summed E-state index contributed by atoms with van der Waals surface area (Å²) >= 11 is 6.32. The Balaban J connectivity index is 1.96. The third kappa shape index (κ3) is 2.25. The van der Waals surface area contributed by atoms with E-state index in [1.165, 1.54) is 43.4 Å². The zero-order chi connectivity index (χ0) is 11.7. The largest absolute Gasteiger partial charge is 0.341 e. The molecule has 0 aromatic carbocycles. The smallest absolute Gasteiger partial charge is 0.227 e. The van der Waals surface area contributed by atoms with E-state index < -0.39 is 0 Å². The van der Waals surface area contributed by atoms with Crippen LogP contribution in [0.5, 0.6) is 0 Å². The van der Waals surface area contributed by atoms with Gasteiger partial charge in [0.1, 0.15) is 5.15 Å². The summed E-state index contributed by atoms with van der Waals surface area (Å²) in [4.78, 5) is 11.5. The van der Waals surface area contributed by atoms with Crippen molar-refractivity contribution in [1.29, 1.82) is 0 Å². The van der Waals surface area contributed by atoms with Gasteiger partial charge in [0, 0.05) is 18.7 Å². The van der Waals surface area contributed by atoms with Crippen molar-refractivity contribution >= 4 is 17.5 Å². The number of anilines is 1. The first-order valence-corrected chi connectivity index (χ1v) is 7.02. The number of rotatable bonds is 1. The fraction of sp³-hybridized carbons (Fsp3) is 0.692. The molecule has 3 rings (SSSR count). The first-order valence-electron chi connectivity index (χ1n) is 6.65. The van der Waals surface area contributed by atoms with Crippen molar-refractivity contribution in [3.63, 3.8) is 0 Å². The van der Waals surface area contributed by atoms with Gasteiger partial charge in [0.2, 0.25) is 5.95 Å². The maximum atomic E-state index is 6.32. The average molecular weight is 252 g/mol. The van der Waals surface area contributed by atoms with Crippen molar-refractivity contribution in [3.05, 3.63) is 16.4 Å². The van der Waals surface area contributed by atoms with Crippen molar-refractivity contribution in [2.75, 3.05) is 18.0 Å². The molecule has 4 heteroatoms. The Hall–Kier alpha value is -0.830. The minimum absolute atomic E-state index is 0.693. The van der Waals surface area contributed by atoms with Crippen LogP contribution in [0.2, 0.25) is 5.15 Å². The van der Waals surface area contributed by atoms with Crippen LogP contribution in [0.4, 0.5) is 5.95 Å². The highest BCUT2D eigenvalue weighted by Gasteiger charge is 2.20. The summed E-state index contributed by atoms with van der Waals surface area (Å²) < 4.78 is 0. The summed E-state index contributed by atoms with van der Waals surface area (Å²) in [5.41, 5.74) is 2.40. The summed E-state index contributed by atoms with van der Waals surface area (Å²) in [6, 6.07) is 0. The predicted molar refractivity (Wildman–Crippen MR) is 69.7 cm³/mol. The first kappa shape index (κ1) is 11.3. The lowest BCUT2D eigenvalue weighted by Crippen LogP contribution is -2.21. The molecular formula is C13H18ClN3. The molecule has 2 aliphatic rings. The Labute approximate surface area is 107 Å². The lowest BCUT2D eigenvalue weighted by Gasteiger charge is -2.17. The number of hydrogen-bond donors (Lipinski definition) is 0. The highest BCUT2D eigenvalue weighted by Crippen LogP contribution is 2.27. The molecule has 0 unspecified atom stereocenters. The minimum atomic E-state index is 0.693. The van der Waals surface area contributed by atoms with Crippen LogP contribution in [0, 0.1) is 0 Å². The Bertz CT molecular complexity index is 413. The third-order valence-electron chi connectivity index (χ3n) is 3.76. The summed E-state index contributed by atoms with van der Waals surface area (Å²) in [5, 5.41) is 0.693. The van der Waals surface area contributed by atoms with Crippen molar-refractivity contribution in [1.82, 2.24) is 9.97 Å². The normalized spacial score (nSPS) is 20.2. The van der Waals surface area contributed by atoms with Crippen LogP contribution in [0.1, 0.15) is 43.4 Å². The average Bonchev–Trinajstić information content (AvgIpc) is 2.75. The Morgan fingerprint density at radius 2 is 1.65 bits per heavy atom. The molecule has 1 aromatic rings. The van der Waals surface area contributed by atoms with Crippen molar-refractivity contribution in [3.8, 4) is 0 Å². The van der Waals surface area contributed by atoms with Gasteiger partial charge in [-0.2, -0.15) is 0 Å². The Kier molecular flexibility index (Phi) is 3.19. The van der Waals surface area contributed by atoms with Gasteiger partial charge in [-0.3, -0.25) is 0 Å². The zero-order valence-corrected chi connectivity index (χ0v) is 10.8. The first-order chi connectivity index (χ1) is 8.34. The molecule has 0 amide bonds. The number of fused-ring (bicyclic) bond motifs is 1. The van der Waals surface area contributed by atoms with Crippen LogP contribution in [0.25, 0.3) is 0 Å². The predicted octanol–water partition coefficient (Wildman–Crippen LogP) is 3.00. The molecule has 1 aliphatic heterocycles. The van der Waals surface area contributed by atoms with Crippen molar-refractivity contribution in [2.45, 2.75) is 44.9 Å². The van der Waals surface area contributed by atoms with E-state index in [-0.39, 0.29) is 0 Å². The summed E-state index contributed by atoms with van der Waals surface area (Å²) in [6.07, 6.45) is 8.35. The van der Waals surface area contributed by atoms with Gasteiger partial charge in [0.25, 0.3) is 0 Å². The number of hydrogen-bond acceptors (Lipinski definition) is 3. The van der Waals surface area contributed by atoms with Gasteiger partial charge < -0.3 is 4.90 Å². The number of nitrogens with zero attached hydrogens (tertiary/aromatic N) is 3. The molecule has 0 N–H and O–H groups in total. The lowest BCUT2D eigenvalue weighted by atomic mass is 10.1. The van der Waals surface area contributed by atoms with Crippen molar-refractivity contribution in [2.24, 2.45) is 0 Å². The van der Waals surface area contributed by atoms with E-state index >= 15 is 0 Å². The van der Waals surface area contributed by atoms with Crippen LogP contribution in [0.15, 0.2) is 0 Å². The van der Waals surface area contributed by atoms with Gasteiger partial charge in [0.15, 0.2) is 0 Å². The molecule has 0 saturated carbocycles. The number of aryl methyl sites for hydroxylation is 1. The maximum Gasteiger partial charge on any atom is 0.227 e. The number of halogens is 1. The molecule has 3 nitrogen and oxygen atoms in total. The van der Waals surface area contributed by atoms with Crippen LogP contribution in [-0.2, 0) is 12.8 Å². The van der Waals surface area contributed by atoms with E-state index in [0.29, 0.717) is 5.15 Å². The fourth-order valence-electron chi connectivity index (χ4n) is 2.77. The molecule has 92 valence electrons. The minimum Gasteiger partial charge on any atom is -0.341 e.